The maximum absolute atomic E-state index is 13.4. The number of carbonyl (C=O) groups is 1. The number of ketones is 1. The van der Waals surface area contributed by atoms with Crippen LogP contribution >= 0.6 is 11.6 Å². The van der Waals surface area contributed by atoms with Gasteiger partial charge in [-0.05, 0) is 55.3 Å². The first kappa shape index (κ1) is 23.3. The van der Waals surface area contributed by atoms with Crippen LogP contribution in [0.4, 0.5) is 0 Å². The second-order valence-corrected chi connectivity index (χ2v) is 8.38. The van der Waals surface area contributed by atoms with Crippen molar-refractivity contribution in [2.24, 2.45) is 0 Å². The summed E-state index contributed by atoms with van der Waals surface area (Å²) in [7, 11) is 2.90. The first-order chi connectivity index (χ1) is 16.3. The molecule has 0 radical (unpaired) electrons. The van der Waals surface area contributed by atoms with Crippen molar-refractivity contribution in [3.8, 4) is 28.4 Å². The predicted octanol–water partition coefficient (Wildman–Crippen LogP) is 6.79. The summed E-state index contributed by atoms with van der Waals surface area (Å²) < 4.78 is 10.4. The number of nitrogens with zero attached hydrogens (tertiary/aromatic N) is 1. The Morgan fingerprint density at radius 3 is 2.35 bits per heavy atom. The third-order valence-electron chi connectivity index (χ3n) is 5.64. The summed E-state index contributed by atoms with van der Waals surface area (Å²) in [6, 6.07) is 14.8. The topological polar surface area (TPSA) is 68.7 Å². The molecule has 0 atom stereocenters. The molecule has 0 saturated heterocycles. The third-order valence-corrected chi connectivity index (χ3v) is 5.97. The van der Waals surface area contributed by atoms with E-state index in [2.05, 4.69) is 11.1 Å². The number of phenolic OH excluding ortho intramolecular Hbond substituents is 1. The lowest BCUT2D eigenvalue weighted by Gasteiger charge is -2.14. The molecule has 1 heterocycles. The number of methoxy groups -OCH3 is 2. The quantitative estimate of drug-likeness (QED) is 0.246. The van der Waals surface area contributed by atoms with Crippen LogP contribution in [0.3, 0.4) is 0 Å². The molecule has 34 heavy (non-hydrogen) atoms. The second kappa shape index (κ2) is 9.57. The minimum absolute atomic E-state index is 0.0982. The molecule has 0 spiro atoms. The Bertz CT molecular complexity index is 1420. The number of phenols is 1. The van der Waals surface area contributed by atoms with E-state index in [-0.39, 0.29) is 23.0 Å². The predicted molar refractivity (Wildman–Crippen MR) is 136 cm³/mol. The average Bonchev–Trinajstić information content (AvgIpc) is 2.82. The number of rotatable bonds is 6. The van der Waals surface area contributed by atoms with Crippen LogP contribution in [0.15, 0.2) is 60.8 Å². The number of aryl methyl sites for hydroxylation is 2. The largest absolute Gasteiger partial charge is 0.502 e. The van der Waals surface area contributed by atoms with E-state index in [9.17, 15) is 9.90 Å². The fourth-order valence-corrected chi connectivity index (χ4v) is 4.30. The number of pyridine rings is 1. The van der Waals surface area contributed by atoms with E-state index in [0.717, 1.165) is 33.2 Å². The van der Waals surface area contributed by atoms with Crippen molar-refractivity contribution in [2.45, 2.75) is 13.8 Å². The van der Waals surface area contributed by atoms with Gasteiger partial charge in [0, 0.05) is 33.3 Å². The van der Waals surface area contributed by atoms with Gasteiger partial charge in [-0.2, -0.15) is 0 Å². The van der Waals surface area contributed by atoms with Gasteiger partial charge in [0.25, 0.3) is 0 Å². The number of hydrogen-bond acceptors (Lipinski definition) is 5. The number of hydrogen-bond donors (Lipinski definition) is 1. The zero-order chi connectivity index (χ0) is 24.4. The summed E-state index contributed by atoms with van der Waals surface area (Å²) >= 11 is 6.57. The standard InChI is InChI=1S/C28H24ClNO4/c1-16-11-17(2)27-20(12-16)26(19-7-5-6-8-22(19)29)21(15-30-27)23(31)10-9-18-13-24(33-3)28(32)25(14-18)34-4/h5-15,32H,1-4H3/b10-9+. The van der Waals surface area contributed by atoms with E-state index < -0.39 is 0 Å². The van der Waals surface area contributed by atoms with Crippen LogP contribution in [0.1, 0.15) is 27.0 Å². The Labute approximate surface area is 203 Å². The smallest absolute Gasteiger partial charge is 0.200 e. The number of benzene rings is 3. The Kier molecular flexibility index (Phi) is 6.57. The number of ether oxygens (including phenoxy) is 2. The Morgan fingerprint density at radius 2 is 1.71 bits per heavy atom. The lowest BCUT2D eigenvalue weighted by atomic mass is 9.92. The molecule has 0 saturated carbocycles. The molecule has 0 amide bonds. The van der Waals surface area contributed by atoms with Crippen molar-refractivity contribution in [3.63, 3.8) is 0 Å². The Balaban J connectivity index is 1.87. The zero-order valence-corrected chi connectivity index (χ0v) is 20.1. The minimum Gasteiger partial charge on any atom is -0.502 e. The molecule has 4 rings (SSSR count). The van der Waals surface area contributed by atoms with E-state index in [0.29, 0.717) is 16.1 Å². The molecule has 0 aliphatic heterocycles. The van der Waals surface area contributed by atoms with E-state index in [1.54, 1.807) is 24.4 Å². The van der Waals surface area contributed by atoms with Crippen LogP contribution in [0, 0.1) is 13.8 Å². The molecule has 0 aliphatic rings. The van der Waals surface area contributed by atoms with Crippen LogP contribution < -0.4 is 9.47 Å². The van der Waals surface area contributed by atoms with Crippen LogP contribution in [0.5, 0.6) is 17.2 Å². The molecule has 5 nitrogen and oxygen atoms in total. The van der Waals surface area contributed by atoms with Crippen LogP contribution in [0.2, 0.25) is 5.02 Å². The lowest BCUT2D eigenvalue weighted by molar-refractivity contribution is 0.104. The Morgan fingerprint density at radius 1 is 1.03 bits per heavy atom. The lowest BCUT2D eigenvalue weighted by Crippen LogP contribution is -2.02. The highest BCUT2D eigenvalue weighted by molar-refractivity contribution is 6.34. The fourth-order valence-electron chi connectivity index (χ4n) is 4.07. The van der Waals surface area contributed by atoms with Gasteiger partial charge in [-0.25, -0.2) is 0 Å². The van der Waals surface area contributed by atoms with Gasteiger partial charge < -0.3 is 14.6 Å². The van der Waals surface area contributed by atoms with Crippen LogP contribution in [-0.4, -0.2) is 30.1 Å². The summed E-state index contributed by atoms with van der Waals surface area (Å²) in [4.78, 5) is 18.0. The summed E-state index contributed by atoms with van der Waals surface area (Å²) in [5.41, 5.74) is 5.53. The van der Waals surface area contributed by atoms with E-state index in [4.69, 9.17) is 21.1 Å². The van der Waals surface area contributed by atoms with E-state index in [1.807, 2.05) is 44.2 Å². The van der Waals surface area contributed by atoms with Gasteiger partial charge in [0.15, 0.2) is 17.3 Å². The molecule has 3 aromatic carbocycles. The normalized spacial score (nSPS) is 11.2. The molecule has 4 aromatic rings. The summed E-state index contributed by atoms with van der Waals surface area (Å²) in [5.74, 6) is 0.177. The molecule has 0 unspecified atom stereocenters. The van der Waals surface area contributed by atoms with Gasteiger partial charge in [0.2, 0.25) is 5.75 Å². The highest BCUT2D eigenvalue weighted by atomic mass is 35.5. The highest BCUT2D eigenvalue weighted by Crippen LogP contribution is 2.39. The Hall–Kier alpha value is -3.83. The molecule has 0 aliphatic carbocycles. The van der Waals surface area contributed by atoms with Gasteiger partial charge in [0.05, 0.1) is 19.7 Å². The van der Waals surface area contributed by atoms with E-state index >= 15 is 0 Å². The monoisotopic (exact) mass is 473 g/mol. The van der Waals surface area contributed by atoms with Gasteiger partial charge in [-0.15, -0.1) is 0 Å². The number of aromatic hydroxyl groups is 1. The van der Waals surface area contributed by atoms with Crippen molar-refractivity contribution in [2.75, 3.05) is 14.2 Å². The number of allylic oxidation sites excluding steroid dienone is 1. The van der Waals surface area contributed by atoms with Gasteiger partial charge >= 0.3 is 0 Å². The van der Waals surface area contributed by atoms with Crippen molar-refractivity contribution < 1.29 is 19.4 Å². The van der Waals surface area contributed by atoms with Crippen LogP contribution in [0.25, 0.3) is 28.1 Å². The minimum atomic E-state index is -0.227. The summed E-state index contributed by atoms with van der Waals surface area (Å²) in [6.45, 7) is 4.02. The molecule has 1 aromatic heterocycles. The molecule has 1 N–H and O–H groups in total. The average molecular weight is 474 g/mol. The molecule has 0 bridgehead atoms. The molecular formula is C28H24ClNO4. The maximum atomic E-state index is 13.4. The molecule has 0 fully saturated rings. The maximum Gasteiger partial charge on any atom is 0.200 e. The first-order valence-electron chi connectivity index (χ1n) is 10.7. The summed E-state index contributed by atoms with van der Waals surface area (Å²) in [6.07, 6.45) is 4.72. The second-order valence-electron chi connectivity index (χ2n) is 7.98. The van der Waals surface area contributed by atoms with Gasteiger partial charge in [-0.3, -0.25) is 9.78 Å². The van der Waals surface area contributed by atoms with Gasteiger partial charge in [0.1, 0.15) is 0 Å². The molecule has 172 valence electrons. The summed E-state index contributed by atoms with van der Waals surface area (Å²) in [5, 5.41) is 11.6. The fraction of sp³-hybridized carbons (Fsp3) is 0.143. The zero-order valence-electron chi connectivity index (χ0n) is 19.3. The van der Waals surface area contributed by atoms with Crippen molar-refractivity contribution >= 4 is 34.4 Å². The van der Waals surface area contributed by atoms with Gasteiger partial charge in [-0.1, -0.05) is 47.5 Å². The number of fused-ring (bicyclic) bond motifs is 1. The van der Waals surface area contributed by atoms with Crippen molar-refractivity contribution in [3.05, 3.63) is 88.1 Å². The SMILES string of the molecule is COc1cc(/C=C/C(=O)c2cnc3c(C)cc(C)cc3c2-c2ccccc2Cl)cc(OC)c1O. The third kappa shape index (κ3) is 4.35. The van der Waals surface area contributed by atoms with E-state index in [1.165, 1.54) is 20.3 Å². The number of halogens is 1. The van der Waals surface area contributed by atoms with Crippen molar-refractivity contribution in [1.82, 2.24) is 4.98 Å². The molecule has 6 heteroatoms. The van der Waals surface area contributed by atoms with Crippen molar-refractivity contribution in [1.29, 1.82) is 0 Å². The molecular weight excluding hydrogens is 450 g/mol. The number of aromatic nitrogens is 1. The number of carbonyl (C=O) groups excluding carboxylic acids is 1. The highest BCUT2D eigenvalue weighted by Gasteiger charge is 2.19. The van der Waals surface area contributed by atoms with Crippen LogP contribution in [-0.2, 0) is 0 Å². The first-order valence-corrected chi connectivity index (χ1v) is 11.0.